The van der Waals surface area contributed by atoms with Gasteiger partial charge in [0.05, 0.1) is 13.7 Å². The van der Waals surface area contributed by atoms with Crippen LogP contribution in [-0.2, 0) is 14.3 Å². The maximum absolute atomic E-state index is 12.6. The molecule has 2 amide bonds. The molecule has 1 aromatic rings. The van der Waals surface area contributed by atoms with Gasteiger partial charge in [0.1, 0.15) is 5.82 Å². The number of hydrogen-bond donors (Lipinski definition) is 2. The number of amides is 2. The van der Waals surface area contributed by atoms with Crippen LogP contribution < -0.4 is 5.32 Å². The fourth-order valence-electron chi connectivity index (χ4n) is 1.68. The molecule has 2 N–H and O–H groups in total. The lowest BCUT2D eigenvalue weighted by molar-refractivity contribution is -0.140. The van der Waals surface area contributed by atoms with Crippen LogP contribution in [-0.4, -0.2) is 61.6 Å². The van der Waals surface area contributed by atoms with Gasteiger partial charge in [-0.2, -0.15) is 0 Å². The number of halogens is 1. The zero-order valence-electron chi connectivity index (χ0n) is 16.8. The molecule has 1 heterocycles. The number of rotatable bonds is 4. The first-order valence-electron chi connectivity index (χ1n) is 8.81. The molecule has 0 saturated carbocycles. The molecule has 1 aliphatic rings. The van der Waals surface area contributed by atoms with Crippen LogP contribution in [0.2, 0.25) is 0 Å². The second-order valence-electron chi connectivity index (χ2n) is 4.85. The molecule has 2 rings (SSSR count). The van der Waals surface area contributed by atoms with Gasteiger partial charge in [0.2, 0.25) is 5.91 Å². The highest BCUT2D eigenvalue weighted by atomic mass is 19.1. The summed E-state index contributed by atoms with van der Waals surface area (Å²) in [5, 5.41) is 9.51. The molecule has 8 heteroatoms. The standard InChI is InChI=1S/C12H13FN2O2.C4H8O2.C2H6.CH4O/c13-10-4-2-9(3-5-10)12(17)14-8-11(16)15-6-1-7-15;1-3-4(5)6-2;2*1-2/h2-5H,1,6-8H2,(H,14,17);3H2,1-2H3;1-2H3;2H,1H3. The molecular weight excluding hydrogens is 355 g/mol. The van der Waals surface area contributed by atoms with Crippen LogP contribution in [0.15, 0.2) is 24.3 Å². The first kappa shape index (κ1) is 26.7. The first-order chi connectivity index (χ1) is 13.0. The zero-order valence-corrected chi connectivity index (χ0v) is 16.8. The van der Waals surface area contributed by atoms with Crippen molar-refractivity contribution in [3.8, 4) is 0 Å². The van der Waals surface area contributed by atoms with Crippen LogP contribution in [0.4, 0.5) is 4.39 Å². The van der Waals surface area contributed by atoms with Crippen molar-refractivity contribution in [2.24, 2.45) is 0 Å². The molecule has 1 aliphatic heterocycles. The van der Waals surface area contributed by atoms with E-state index in [1.54, 1.807) is 11.8 Å². The van der Waals surface area contributed by atoms with Gasteiger partial charge in [-0.1, -0.05) is 20.8 Å². The van der Waals surface area contributed by atoms with E-state index in [0.29, 0.717) is 12.0 Å². The van der Waals surface area contributed by atoms with Gasteiger partial charge in [0, 0.05) is 32.2 Å². The Balaban J connectivity index is 0. The Kier molecular flexibility index (Phi) is 16.8. The molecule has 1 fully saturated rings. The van der Waals surface area contributed by atoms with Crippen molar-refractivity contribution >= 4 is 17.8 Å². The van der Waals surface area contributed by atoms with E-state index in [0.717, 1.165) is 26.6 Å². The minimum Gasteiger partial charge on any atom is -0.469 e. The van der Waals surface area contributed by atoms with Crippen molar-refractivity contribution in [3.05, 3.63) is 35.6 Å². The van der Waals surface area contributed by atoms with Gasteiger partial charge in [-0.15, -0.1) is 0 Å². The average Bonchev–Trinajstić information content (AvgIpc) is 2.68. The SMILES string of the molecule is CC.CCC(=O)OC.CO.O=C(NCC(=O)N1CCC1)c1ccc(F)cc1. The van der Waals surface area contributed by atoms with Gasteiger partial charge in [0.25, 0.3) is 5.91 Å². The van der Waals surface area contributed by atoms with E-state index < -0.39 is 5.82 Å². The third kappa shape index (κ3) is 11.7. The van der Waals surface area contributed by atoms with Gasteiger partial charge in [0.15, 0.2) is 0 Å². The monoisotopic (exact) mass is 386 g/mol. The van der Waals surface area contributed by atoms with Crippen LogP contribution in [0.25, 0.3) is 0 Å². The Labute approximate surface area is 160 Å². The lowest BCUT2D eigenvalue weighted by Crippen LogP contribution is -2.47. The van der Waals surface area contributed by atoms with Gasteiger partial charge >= 0.3 is 5.97 Å². The maximum Gasteiger partial charge on any atom is 0.305 e. The number of benzene rings is 1. The van der Waals surface area contributed by atoms with Crippen molar-refractivity contribution < 1.29 is 28.6 Å². The number of ether oxygens (including phenoxy) is 1. The number of methoxy groups -OCH3 is 1. The van der Waals surface area contributed by atoms with Crippen molar-refractivity contribution in [1.29, 1.82) is 0 Å². The summed E-state index contributed by atoms with van der Waals surface area (Å²) in [4.78, 5) is 34.7. The number of hydrogen-bond acceptors (Lipinski definition) is 5. The second-order valence-corrected chi connectivity index (χ2v) is 4.85. The minimum absolute atomic E-state index is 0.00376. The van der Waals surface area contributed by atoms with Crippen LogP contribution in [0.1, 0.15) is 44.0 Å². The summed E-state index contributed by atoms with van der Waals surface area (Å²) in [6.07, 6.45) is 1.49. The van der Waals surface area contributed by atoms with Crippen molar-refractivity contribution in [2.45, 2.75) is 33.6 Å². The zero-order chi connectivity index (χ0) is 21.2. The topological polar surface area (TPSA) is 95.9 Å². The second kappa shape index (κ2) is 17.0. The van der Waals surface area contributed by atoms with Gasteiger partial charge in [-0.05, 0) is 30.7 Å². The van der Waals surface area contributed by atoms with Crippen LogP contribution in [0, 0.1) is 5.82 Å². The number of esters is 1. The summed E-state index contributed by atoms with van der Waals surface area (Å²) >= 11 is 0. The lowest BCUT2D eigenvalue weighted by Gasteiger charge is -2.30. The number of nitrogens with one attached hydrogen (secondary N) is 1. The highest BCUT2D eigenvalue weighted by molar-refractivity contribution is 5.96. The average molecular weight is 386 g/mol. The molecular formula is C19H31FN2O5. The van der Waals surface area contributed by atoms with Gasteiger partial charge in [-0.3, -0.25) is 14.4 Å². The largest absolute Gasteiger partial charge is 0.469 e. The van der Waals surface area contributed by atoms with E-state index in [9.17, 15) is 18.8 Å². The summed E-state index contributed by atoms with van der Waals surface area (Å²) in [5.74, 6) is -0.987. The van der Waals surface area contributed by atoms with Crippen LogP contribution >= 0.6 is 0 Å². The number of carbonyl (C=O) groups is 3. The van der Waals surface area contributed by atoms with E-state index >= 15 is 0 Å². The van der Waals surface area contributed by atoms with E-state index in [4.69, 9.17) is 5.11 Å². The minimum atomic E-state index is -0.391. The molecule has 0 unspecified atom stereocenters. The Hall–Kier alpha value is -2.48. The summed E-state index contributed by atoms with van der Waals surface area (Å²) in [5.41, 5.74) is 0.350. The van der Waals surface area contributed by atoms with Gasteiger partial charge in [-0.25, -0.2) is 4.39 Å². The third-order valence-corrected chi connectivity index (χ3v) is 3.23. The summed E-state index contributed by atoms with van der Waals surface area (Å²) in [6, 6.07) is 5.20. The van der Waals surface area contributed by atoms with E-state index in [-0.39, 0.29) is 24.3 Å². The Morgan fingerprint density at radius 2 is 1.67 bits per heavy atom. The lowest BCUT2D eigenvalue weighted by atomic mass is 10.2. The molecule has 27 heavy (non-hydrogen) atoms. The Bertz CT molecular complexity index is 540. The number of nitrogens with zero attached hydrogens (tertiary/aromatic N) is 1. The predicted octanol–water partition coefficient (Wildman–Crippen LogP) is 1.99. The highest BCUT2D eigenvalue weighted by Crippen LogP contribution is 2.05. The molecule has 0 spiro atoms. The quantitative estimate of drug-likeness (QED) is 0.772. The molecule has 154 valence electrons. The van der Waals surface area contributed by atoms with Crippen molar-refractivity contribution in [2.75, 3.05) is 33.9 Å². The maximum atomic E-state index is 12.6. The molecule has 0 aromatic heterocycles. The van der Waals surface area contributed by atoms with E-state index in [2.05, 4.69) is 10.1 Å². The highest BCUT2D eigenvalue weighted by Gasteiger charge is 2.20. The number of aliphatic hydroxyl groups is 1. The molecule has 0 atom stereocenters. The van der Waals surface area contributed by atoms with Crippen molar-refractivity contribution in [1.82, 2.24) is 10.2 Å². The molecule has 1 saturated heterocycles. The van der Waals surface area contributed by atoms with Crippen LogP contribution in [0.3, 0.4) is 0 Å². The third-order valence-electron chi connectivity index (χ3n) is 3.23. The summed E-state index contributed by atoms with van der Waals surface area (Å²) < 4.78 is 16.9. The predicted molar refractivity (Wildman–Crippen MR) is 102 cm³/mol. The number of aliphatic hydroxyl groups excluding tert-OH is 1. The van der Waals surface area contributed by atoms with Crippen LogP contribution in [0.5, 0.6) is 0 Å². The van der Waals surface area contributed by atoms with E-state index in [1.807, 2.05) is 13.8 Å². The first-order valence-corrected chi connectivity index (χ1v) is 8.81. The number of likely N-dealkylation sites (tertiary alicyclic amines) is 1. The molecule has 7 nitrogen and oxygen atoms in total. The van der Waals surface area contributed by atoms with Gasteiger partial charge < -0.3 is 20.1 Å². The molecule has 0 aliphatic carbocycles. The smallest absolute Gasteiger partial charge is 0.305 e. The number of carbonyl (C=O) groups excluding carboxylic acids is 3. The Morgan fingerprint density at radius 3 is 2.00 bits per heavy atom. The Morgan fingerprint density at radius 1 is 1.15 bits per heavy atom. The summed E-state index contributed by atoms with van der Waals surface area (Å²) in [7, 11) is 2.38. The molecule has 1 aromatic carbocycles. The molecule has 0 radical (unpaired) electrons. The fraction of sp³-hybridized carbons (Fsp3) is 0.526. The van der Waals surface area contributed by atoms with E-state index in [1.165, 1.54) is 31.4 Å². The fourth-order valence-corrected chi connectivity index (χ4v) is 1.68. The molecule has 0 bridgehead atoms. The normalized spacial score (nSPS) is 11.0. The summed E-state index contributed by atoms with van der Waals surface area (Å²) in [6.45, 7) is 7.29. The van der Waals surface area contributed by atoms with Crippen molar-refractivity contribution in [3.63, 3.8) is 0 Å².